The van der Waals surface area contributed by atoms with Gasteiger partial charge in [0.05, 0.1) is 0 Å². The minimum absolute atomic E-state index is 0.690. The average Bonchev–Trinajstić information content (AvgIpc) is 2.49. The van der Waals surface area contributed by atoms with Crippen LogP contribution in [-0.4, -0.2) is 24.6 Å². The zero-order chi connectivity index (χ0) is 15.1. The molecule has 0 spiro atoms. The molecule has 0 aliphatic carbocycles. The van der Waals surface area contributed by atoms with Crippen molar-refractivity contribution < 1.29 is 0 Å². The lowest BCUT2D eigenvalue weighted by Crippen LogP contribution is -2.34. The van der Waals surface area contributed by atoms with Crippen molar-refractivity contribution in [2.75, 3.05) is 24.5 Å². The number of piperidine rings is 1. The molecule has 3 heteroatoms. The molecule has 0 aromatic carbocycles. The molecular weight excluding hydrogens is 258 g/mol. The van der Waals surface area contributed by atoms with Crippen molar-refractivity contribution in [1.82, 2.24) is 10.3 Å². The summed E-state index contributed by atoms with van der Waals surface area (Å²) in [7, 11) is 0. The third-order valence-corrected chi connectivity index (χ3v) is 4.40. The van der Waals surface area contributed by atoms with Crippen LogP contribution in [0.15, 0.2) is 18.5 Å². The molecule has 0 unspecified atom stereocenters. The van der Waals surface area contributed by atoms with E-state index in [0.29, 0.717) is 5.92 Å². The number of nitrogens with one attached hydrogen (secondary N) is 1. The van der Waals surface area contributed by atoms with Crippen LogP contribution in [0, 0.1) is 11.8 Å². The molecule has 0 amide bonds. The third kappa shape index (κ3) is 4.99. The Kier molecular flexibility index (Phi) is 6.50. The summed E-state index contributed by atoms with van der Waals surface area (Å²) in [6.45, 7) is 11.2. The van der Waals surface area contributed by atoms with Crippen molar-refractivity contribution in [3.8, 4) is 0 Å². The van der Waals surface area contributed by atoms with E-state index in [9.17, 15) is 0 Å². The van der Waals surface area contributed by atoms with Crippen LogP contribution in [0.3, 0.4) is 0 Å². The quantitative estimate of drug-likeness (QED) is 0.826. The molecule has 1 N–H and O–H groups in total. The van der Waals surface area contributed by atoms with Gasteiger partial charge in [0.1, 0.15) is 0 Å². The lowest BCUT2D eigenvalue weighted by atomic mass is 9.92. The minimum Gasteiger partial charge on any atom is -0.371 e. The van der Waals surface area contributed by atoms with Gasteiger partial charge in [0, 0.05) is 43.3 Å². The predicted molar refractivity (Wildman–Crippen MR) is 90.6 cm³/mol. The minimum atomic E-state index is 0.690. The zero-order valence-corrected chi connectivity index (χ0v) is 13.9. The number of rotatable bonds is 7. The van der Waals surface area contributed by atoms with Crippen molar-refractivity contribution in [2.45, 2.75) is 53.0 Å². The van der Waals surface area contributed by atoms with Crippen LogP contribution in [0.2, 0.25) is 0 Å². The summed E-state index contributed by atoms with van der Waals surface area (Å²) in [5, 5.41) is 3.54. The molecule has 0 bridgehead atoms. The summed E-state index contributed by atoms with van der Waals surface area (Å²) >= 11 is 0. The maximum absolute atomic E-state index is 4.32. The Bertz CT molecular complexity index is 409. The normalized spacial score (nSPS) is 16.7. The summed E-state index contributed by atoms with van der Waals surface area (Å²) < 4.78 is 0. The fourth-order valence-electron chi connectivity index (χ4n) is 3.23. The molecule has 0 saturated carbocycles. The van der Waals surface area contributed by atoms with Gasteiger partial charge in [-0.1, -0.05) is 33.6 Å². The second-order valence-corrected chi connectivity index (χ2v) is 6.75. The van der Waals surface area contributed by atoms with E-state index in [1.807, 2.05) is 12.4 Å². The van der Waals surface area contributed by atoms with Gasteiger partial charge in [-0.05, 0) is 37.3 Å². The molecule has 118 valence electrons. The number of hydrogen-bond donors (Lipinski definition) is 1. The van der Waals surface area contributed by atoms with E-state index in [4.69, 9.17) is 0 Å². The molecule has 1 aromatic rings. The molecule has 2 heterocycles. The van der Waals surface area contributed by atoms with Crippen molar-refractivity contribution in [2.24, 2.45) is 11.8 Å². The van der Waals surface area contributed by atoms with E-state index < -0.39 is 0 Å². The first-order valence-corrected chi connectivity index (χ1v) is 8.59. The van der Waals surface area contributed by atoms with Crippen molar-refractivity contribution in [3.63, 3.8) is 0 Å². The Morgan fingerprint density at radius 1 is 1.33 bits per heavy atom. The largest absolute Gasteiger partial charge is 0.371 e. The van der Waals surface area contributed by atoms with Crippen LogP contribution in [0.1, 0.15) is 52.0 Å². The van der Waals surface area contributed by atoms with E-state index in [-0.39, 0.29) is 0 Å². The number of anilines is 1. The van der Waals surface area contributed by atoms with Crippen LogP contribution in [0.25, 0.3) is 0 Å². The van der Waals surface area contributed by atoms with Gasteiger partial charge in [-0.3, -0.25) is 4.98 Å². The van der Waals surface area contributed by atoms with E-state index in [1.165, 1.54) is 50.0 Å². The highest BCUT2D eigenvalue weighted by Crippen LogP contribution is 2.27. The maximum Gasteiger partial charge on any atom is 0.0442 e. The molecule has 1 saturated heterocycles. The van der Waals surface area contributed by atoms with Gasteiger partial charge in [0.2, 0.25) is 0 Å². The molecule has 1 fully saturated rings. The molecule has 1 aliphatic rings. The Morgan fingerprint density at radius 2 is 2.10 bits per heavy atom. The smallest absolute Gasteiger partial charge is 0.0442 e. The molecular formula is C18H31N3. The topological polar surface area (TPSA) is 28.2 Å². The molecule has 0 radical (unpaired) electrons. The van der Waals surface area contributed by atoms with Gasteiger partial charge in [-0.2, -0.15) is 0 Å². The van der Waals surface area contributed by atoms with Gasteiger partial charge in [0.15, 0.2) is 0 Å². The van der Waals surface area contributed by atoms with Gasteiger partial charge in [-0.15, -0.1) is 0 Å². The number of hydrogen-bond acceptors (Lipinski definition) is 3. The first kappa shape index (κ1) is 16.3. The standard InChI is InChI=1S/C18H31N3/c1-4-5-16-7-10-21(11-8-16)18-6-9-19-13-17(18)14-20-12-15(2)3/h6,9,13,15-16,20H,4-5,7-8,10-12,14H2,1-3H3. The van der Waals surface area contributed by atoms with Gasteiger partial charge in [-0.25, -0.2) is 0 Å². The summed E-state index contributed by atoms with van der Waals surface area (Å²) in [6.07, 6.45) is 9.36. The summed E-state index contributed by atoms with van der Waals surface area (Å²) in [6, 6.07) is 2.19. The first-order valence-electron chi connectivity index (χ1n) is 8.59. The fraction of sp³-hybridized carbons (Fsp3) is 0.722. The predicted octanol–water partition coefficient (Wildman–Crippen LogP) is 3.84. The summed E-state index contributed by atoms with van der Waals surface area (Å²) in [5.41, 5.74) is 2.73. The van der Waals surface area contributed by atoms with Crippen LogP contribution >= 0.6 is 0 Å². The summed E-state index contributed by atoms with van der Waals surface area (Å²) in [5.74, 6) is 1.63. The molecule has 3 nitrogen and oxygen atoms in total. The molecule has 21 heavy (non-hydrogen) atoms. The zero-order valence-electron chi connectivity index (χ0n) is 13.9. The Morgan fingerprint density at radius 3 is 2.76 bits per heavy atom. The lowest BCUT2D eigenvalue weighted by molar-refractivity contribution is 0.378. The number of nitrogens with zero attached hydrogens (tertiary/aromatic N) is 2. The second-order valence-electron chi connectivity index (χ2n) is 6.75. The Balaban J connectivity index is 1.93. The van der Waals surface area contributed by atoms with E-state index in [1.54, 1.807) is 0 Å². The summed E-state index contributed by atoms with van der Waals surface area (Å²) in [4.78, 5) is 6.87. The van der Waals surface area contributed by atoms with Gasteiger partial charge in [0.25, 0.3) is 0 Å². The van der Waals surface area contributed by atoms with E-state index in [0.717, 1.165) is 19.0 Å². The molecule has 0 atom stereocenters. The van der Waals surface area contributed by atoms with Crippen LogP contribution in [-0.2, 0) is 6.54 Å². The van der Waals surface area contributed by atoms with Crippen molar-refractivity contribution in [1.29, 1.82) is 0 Å². The Labute approximate surface area is 130 Å². The SMILES string of the molecule is CCCC1CCN(c2ccncc2CNCC(C)C)CC1. The lowest BCUT2D eigenvalue weighted by Gasteiger charge is -2.34. The van der Waals surface area contributed by atoms with E-state index in [2.05, 4.69) is 42.0 Å². The second kappa shape index (κ2) is 8.38. The van der Waals surface area contributed by atoms with E-state index >= 15 is 0 Å². The molecule has 1 aromatic heterocycles. The maximum atomic E-state index is 4.32. The monoisotopic (exact) mass is 289 g/mol. The Hall–Kier alpha value is -1.09. The van der Waals surface area contributed by atoms with Crippen LogP contribution in [0.5, 0.6) is 0 Å². The third-order valence-electron chi connectivity index (χ3n) is 4.40. The number of aromatic nitrogens is 1. The molecule has 1 aliphatic heterocycles. The van der Waals surface area contributed by atoms with Crippen molar-refractivity contribution in [3.05, 3.63) is 24.0 Å². The van der Waals surface area contributed by atoms with Crippen LogP contribution < -0.4 is 10.2 Å². The molecule has 2 rings (SSSR count). The average molecular weight is 289 g/mol. The van der Waals surface area contributed by atoms with Gasteiger partial charge < -0.3 is 10.2 Å². The van der Waals surface area contributed by atoms with Crippen LogP contribution in [0.4, 0.5) is 5.69 Å². The number of pyridine rings is 1. The van der Waals surface area contributed by atoms with Gasteiger partial charge >= 0.3 is 0 Å². The first-order chi connectivity index (χ1) is 10.2. The highest BCUT2D eigenvalue weighted by atomic mass is 15.1. The highest BCUT2D eigenvalue weighted by molar-refractivity contribution is 5.52. The fourth-order valence-corrected chi connectivity index (χ4v) is 3.23. The highest BCUT2D eigenvalue weighted by Gasteiger charge is 2.20. The van der Waals surface area contributed by atoms with Crippen molar-refractivity contribution >= 4 is 5.69 Å².